The number of nitriles is 1. The fourth-order valence-electron chi connectivity index (χ4n) is 3.09. The van der Waals surface area contributed by atoms with Crippen molar-refractivity contribution in [2.75, 3.05) is 13.2 Å². The number of carbonyl (C=O) groups is 2. The number of rotatable bonds is 4. The van der Waals surface area contributed by atoms with E-state index in [0.717, 1.165) is 19.3 Å². The average Bonchev–Trinajstić information content (AvgIpc) is 2.66. The van der Waals surface area contributed by atoms with Gasteiger partial charge in [-0.1, -0.05) is 31.4 Å². The van der Waals surface area contributed by atoms with Crippen LogP contribution >= 0.6 is 0 Å². The Bertz CT molecular complexity index is 691. The summed E-state index contributed by atoms with van der Waals surface area (Å²) in [4.78, 5) is 24.1. The molecule has 132 valence electrons. The largest absolute Gasteiger partial charge is 0.485 e. The molecule has 2 aliphatic rings. The number of nitrogens with zero attached hydrogens (tertiary/aromatic N) is 1. The van der Waals surface area contributed by atoms with Crippen LogP contribution in [0.5, 0.6) is 11.5 Å². The monoisotopic (exact) mass is 344 g/mol. The van der Waals surface area contributed by atoms with Crippen molar-refractivity contribution >= 4 is 11.9 Å². The molecule has 0 aromatic heterocycles. The summed E-state index contributed by atoms with van der Waals surface area (Å²) in [6, 6.07) is 9.21. The van der Waals surface area contributed by atoms with E-state index >= 15 is 0 Å². The highest BCUT2D eigenvalue weighted by Crippen LogP contribution is 2.31. The molecule has 1 aromatic rings. The highest BCUT2D eigenvalue weighted by atomic mass is 16.6. The zero-order valence-corrected chi connectivity index (χ0v) is 13.8. The lowest BCUT2D eigenvalue weighted by Crippen LogP contribution is -2.50. The van der Waals surface area contributed by atoms with Crippen LogP contribution in [-0.4, -0.2) is 36.7 Å². The molecular formula is C18H20N2O5. The van der Waals surface area contributed by atoms with Crippen molar-refractivity contribution in [2.24, 2.45) is 0 Å². The number of hydrogen-bond donors (Lipinski definition) is 1. The van der Waals surface area contributed by atoms with Crippen LogP contribution in [0.4, 0.5) is 0 Å². The van der Waals surface area contributed by atoms with E-state index in [1.54, 1.807) is 18.2 Å². The zero-order valence-electron chi connectivity index (χ0n) is 13.8. The molecule has 0 unspecified atom stereocenters. The molecule has 1 aromatic carbocycles. The quantitative estimate of drug-likeness (QED) is 0.835. The summed E-state index contributed by atoms with van der Waals surface area (Å²) in [5, 5.41) is 12.1. The molecule has 0 radical (unpaired) electrons. The topological polar surface area (TPSA) is 97.7 Å². The Morgan fingerprint density at radius 3 is 2.68 bits per heavy atom. The fourth-order valence-corrected chi connectivity index (χ4v) is 3.09. The first-order valence-corrected chi connectivity index (χ1v) is 8.39. The van der Waals surface area contributed by atoms with E-state index in [4.69, 9.17) is 14.2 Å². The lowest BCUT2D eigenvalue weighted by molar-refractivity contribution is -0.158. The summed E-state index contributed by atoms with van der Waals surface area (Å²) in [7, 11) is 0. The number of fused-ring (bicyclic) bond motifs is 1. The van der Waals surface area contributed by atoms with Crippen LogP contribution in [0, 0.1) is 11.3 Å². The molecule has 1 aliphatic carbocycles. The Morgan fingerprint density at radius 2 is 1.96 bits per heavy atom. The van der Waals surface area contributed by atoms with E-state index in [9.17, 15) is 14.9 Å². The van der Waals surface area contributed by atoms with Crippen LogP contribution in [-0.2, 0) is 14.3 Å². The van der Waals surface area contributed by atoms with E-state index in [0.29, 0.717) is 24.3 Å². The predicted molar refractivity (Wildman–Crippen MR) is 86.9 cm³/mol. The average molecular weight is 344 g/mol. The van der Waals surface area contributed by atoms with Crippen molar-refractivity contribution in [1.29, 1.82) is 5.26 Å². The SMILES string of the molecule is N#CC1(NC(=O)COC(=O)[C@H]2COc3ccccc3O2)CCCCC1. The molecule has 0 bridgehead atoms. The molecule has 1 amide bonds. The number of hydrogen-bond acceptors (Lipinski definition) is 6. The number of benzene rings is 1. The Morgan fingerprint density at radius 1 is 1.24 bits per heavy atom. The van der Waals surface area contributed by atoms with Crippen LogP contribution in [0.1, 0.15) is 32.1 Å². The van der Waals surface area contributed by atoms with E-state index < -0.39 is 30.1 Å². The van der Waals surface area contributed by atoms with Crippen molar-refractivity contribution in [1.82, 2.24) is 5.32 Å². The van der Waals surface area contributed by atoms with Crippen LogP contribution in [0.2, 0.25) is 0 Å². The highest BCUT2D eigenvalue weighted by Gasteiger charge is 2.34. The molecule has 1 atom stereocenters. The van der Waals surface area contributed by atoms with Crippen LogP contribution in [0.15, 0.2) is 24.3 Å². The Kier molecular flexibility index (Phi) is 5.08. The normalized spacial score (nSPS) is 20.8. The van der Waals surface area contributed by atoms with Gasteiger partial charge in [0, 0.05) is 0 Å². The number of para-hydroxylation sites is 2. The van der Waals surface area contributed by atoms with Gasteiger partial charge in [0.2, 0.25) is 6.10 Å². The molecule has 0 spiro atoms. The number of carbonyl (C=O) groups excluding carboxylic acids is 2. The Hall–Kier alpha value is -2.75. The van der Waals surface area contributed by atoms with Crippen molar-refractivity contribution in [3.8, 4) is 17.6 Å². The van der Waals surface area contributed by atoms with Crippen molar-refractivity contribution in [3.05, 3.63) is 24.3 Å². The van der Waals surface area contributed by atoms with E-state index in [1.165, 1.54) is 0 Å². The number of amides is 1. The third kappa shape index (κ3) is 4.02. The number of ether oxygens (including phenoxy) is 3. The maximum absolute atomic E-state index is 12.1. The second-order valence-electron chi connectivity index (χ2n) is 6.27. The van der Waals surface area contributed by atoms with Gasteiger partial charge in [-0.3, -0.25) is 4.79 Å². The third-order valence-electron chi connectivity index (χ3n) is 4.42. The first kappa shape index (κ1) is 17.1. The molecule has 1 heterocycles. The fraction of sp³-hybridized carbons (Fsp3) is 0.500. The molecule has 7 nitrogen and oxygen atoms in total. The maximum Gasteiger partial charge on any atom is 0.351 e. The van der Waals surface area contributed by atoms with Gasteiger partial charge in [-0.25, -0.2) is 4.79 Å². The van der Waals surface area contributed by atoms with Gasteiger partial charge in [-0.05, 0) is 25.0 Å². The van der Waals surface area contributed by atoms with Gasteiger partial charge in [0.05, 0.1) is 6.07 Å². The lowest BCUT2D eigenvalue weighted by atomic mass is 9.83. The Labute approximate surface area is 145 Å². The molecule has 3 rings (SSSR count). The molecule has 7 heteroatoms. The molecule has 25 heavy (non-hydrogen) atoms. The van der Waals surface area contributed by atoms with Crippen molar-refractivity contribution in [3.63, 3.8) is 0 Å². The minimum atomic E-state index is -0.915. The van der Waals surface area contributed by atoms with E-state index in [2.05, 4.69) is 11.4 Å². The smallest absolute Gasteiger partial charge is 0.351 e. The van der Waals surface area contributed by atoms with Gasteiger partial charge in [-0.2, -0.15) is 5.26 Å². The van der Waals surface area contributed by atoms with Gasteiger partial charge in [0.1, 0.15) is 12.1 Å². The second kappa shape index (κ2) is 7.43. The molecular weight excluding hydrogens is 324 g/mol. The Balaban J connectivity index is 1.49. The molecule has 0 saturated heterocycles. The summed E-state index contributed by atoms with van der Waals surface area (Å²) in [6.45, 7) is -0.413. The van der Waals surface area contributed by atoms with E-state index in [1.807, 2.05) is 6.07 Å². The van der Waals surface area contributed by atoms with Crippen LogP contribution in [0.25, 0.3) is 0 Å². The van der Waals surface area contributed by atoms with Gasteiger partial charge >= 0.3 is 5.97 Å². The molecule has 1 fully saturated rings. The van der Waals surface area contributed by atoms with Crippen LogP contribution < -0.4 is 14.8 Å². The van der Waals surface area contributed by atoms with Crippen molar-refractivity contribution in [2.45, 2.75) is 43.7 Å². The summed E-state index contributed by atoms with van der Waals surface area (Å²) in [5.41, 5.74) is -0.842. The zero-order chi connectivity index (χ0) is 17.7. The number of nitrogens with one attached hydrogen (secondary N) is 1. The molecule has 1 aliphatic heterocycles. The van der Waals surface area contributed by atoms with Gasteiger partial charge in [-0.15, -0.1) is 0 Å². The second-order valence-corrected chi connectivity index (χ2v) is 6.27. The predicted octanol–water partition coefficient (Wildman–Crippen LogP) is 1.71. The summed E-state index contributed by atoms with van der Waals surface area (Å²) in [6.07, 6.45) is 3.20. The van der Waals surface area contributed by atoms with Gasteiger partial charge < -0.3 is 19.5 Å². The minimum Gasteiger partial charge on any atom is -0.485 e. The molecule has 1 saturated carbocycles. The maximum atomic E-state index is 12.1. The summed E-state index contributed by atoms with van der Waals surface area (Å²) in [5.74, 6) is -0.114. The summed E-state index contributed by atoms with van der Waals surface area (Å²) >= 11 is 0. The van der Waals surface area contributed by atoms with E-state index in [-0.39, 0.29) is 6.61 Å². The first-order chi connectivity index (χ1) is 12.1. The molecule has 1 N–H and O–H groups in total. The van der Waals surface area contributed by atoms with Crippen molar-refractivity contribution < 1.29 is 23.8 Å². The summed E-state index contributed by atoms with van der Waals surface area (Å²) < 4.78 is 16.0. The standard InChI is InChI=1S/C18H20N2O5/c19-12-18(8-4-1-5-9-18)20-16(21)11-24-17(22)15-10-23-13-6-2-3-7-14(13)25-15/h2-3,6-7,15H,1,4-5,8-11H2,(H,20,21)/t15-/m1/s1. The van der Waals surface area contributed by atoms with Crippen LogP contribution in [0.3, 0.4) is 0 Å². The third-order valence-corrected chi connectivity index (χ3v) is 4.42. The first-order valence-electron chi connectivity index (χ1n) is 8.39. The number of esters is 1. The lowest BCUT2D eigenvalue weighted by Gasteiger charge is -2.31. The minimum absolute atomic E-state index is 0.0274. The van der Waals surface area contributed by atoms with Gasteiger partial charge in [0.15, 0.2) is 18.1 Å². The van der Waals surface area contributed by atoms with Gasteiger partial charge in [0.25, 0.3) is 5.91 Å². The highest BCUT2D eigenvalue weighted by molar-refractivity contribution is 5.83.